The molecular formula is C16H20N4O4. The van der Waals surface area contributed by atoms with Gasteiger partial charge in [-0.1, -0.05) is 0 Å². The fourth-order valence-electron chi connectivity index (χ4n) is 3.19. The van der Waals surface area contributed by atoms with E-state index in [2.05, 4.69) is 10.6 Å². The molecule has 2 amide bonds. The van der Waals surface area contributed by atoms with Crippen molar-refractivity contribution in [1.82, 2.24) is 10.6 Å². The summed E-state index contributed by atoms with van der Waals surface area (Å²) in [6, 6.07) is 4.77. The fraction of sp³-hybridized carbons (Fsp3) is 0.500. The van der Waals surface area contributed by atoms with Crippen LogP contribution in [0, 0.1) is 10.1 Å². The second-order valence-electron chi connectivity index (χ2n) is 6.08. The molecule has 1 aromatic rings. The smallest absolute Gasteiger partial charge is 0.269 e. The van der Waals surface area contributed by atoms with Gasteiger partial charge < -0.3 is 10.6 Å². The summed E-state index contributed by atoms with van der Waals surface area (Å²) in [5.74, 6) is -0.583. The lowest BCUT2D eigenvalue weighted by atomic mass is 10.1. The predicted octanol–water partition coefficient (Wildman–Crippen LogP) is 0.958. The minimum Gasteiger partial charge on any atom is -0.306 e. The number of rotatable bonds is 4. The molecule has 2 N–H and O–H groups in total. The van der Waals surface area contributed by atoms with E-state index in [0.717, 1.165) is 25.9 Å². The van der Waals surface area contributed by atoms with E-state index in [-0.39, 0.29) is 29.6 Å². The minimum absolute atomic E-state index is 0.0726. The SMILES string of the molecule is O=C([C@@H]1CCCN1)N(C(=O)[C@@H]1CCCN1)c1ccc([N+](=O)[O-])cc1. The van der Waals surface area contributed by atoms with Crippen molar-refractivity contribution in [3.05, 3.63) is 34.4 Å². The molecule has 0 spiro atoms. The summed E-state index contributed by atoms with van der Waals surface area (Å²) in [5, 5.41) is 17.0. The van der Waals surface area contributed by atoms with E-state index in [1.165, 1.54) is 29.2 Å². The summed E-state index contributed by atoms with van der Waals surface area (Å²) < 4.78 is 0. The number of anilines is 1. The highest BCUT2D eigenvalue weighted by Gasteiger charge is 2.36. The molecule has 0 radical (unpaired) electrons. The lowest BCUT2D eigenvalue weighted by Gasteiger charge is -2.26. The summed E-state index contributed by atoms with van der Waals surface area (Å²) in [6.45, 7) is 1.50. The van der Waals surface area contributed by atoms with Crippen LogP contribution in [0.3, 0.4) is 0 Å². The lowest BCUT2D eigenvalue weighted by molar-refractivity contribution is -0.384. The number of nitrogens with zero attached hydrogens (tertiary/aromatic N) is 2. The van der Waals surface area contributed by atoms with Gasteiger partial charge in [-0.25, -0.2) is 4.90 Å². The van der Waals surface area contributed by atoms with Gasteiger partial charge in [0, 0.05) is 12.1 Å². The van der Waals surface area contributed by atoms with Crippen molar-refractivity contribution in [3.63, 3.8) is 0 Å². The normalized spacial score (nSPS) is 23.2. The third-order valence-electron chi connectivity index (χ3n) is 4.48. The number of nitro groups is 1. The third-order valence-corrected chi connectivity index (χ3v) is 4.48. The number of benzene rings is 1. The fourth-order valence-corrected chi connectivity index (χ4v) is 3.19. The number of hydrogen-bond acceptors (Lipinski definition) is 6. The van der Waals surface area contributed by atoms with Gasteiger partial charge in [0.2, 0.25) is 0 Å². The zero-order valence-electron chi connectivity index (χ0n) is 13.2. The summed E-state index contributed by atoms with van der Waals surface area (Å²) in [5.41, 5.74) is 0.301. The number of amides is 2. The molecule has 2 aliphatic rings. The largest absolute Gasteiger partial charge is 0.306 e. The van der Waals surface area contributed by atoms with Crippen LogP contribution in [-0.4, -0.2) is 41.9 Å². The molecule has 8 nitrogen and oxygen atoms in total. The first-order valence-electron chi connectivity index (χ1n) is 8.17. The summed E-state index contributed by atoms with van der Waals surface area (Å²) in [7, 11) is 0. The average Bonchev–Trinajstić information content (AvgIpc) is 3.29. The maximum Gasteiger partial charge on any atom is 0.269 e. The molecule has 2 fully saturated rings. The molecule has 0 bridgehead atoms. The number of hydrogen-bond donors (Lipinski definition) is 2. The van der Waals surface area contributed by atoms with E-state index in [1.807, 2.05) is 0 Å². The molecule has 8 heteroatoms. The van der Waals surface area contributed by atoms with Crippen molar-refractivity contribution in [2.45, 2.75) is 37.8 Å². The standard InChI is InChI=1S/C16H20N4O4/c21-15(13-3-1-9-17-13)19(16(22)14-4-2-10-18-14)11-5-7-12(8-6-11)20(23)24/h5-8,13-14,17-18H,1-4,9-10H2/t13-,14-/m0/s1. The molecule has 2 saturated heterocycles. The summed E-state index contributed by atoms with van der Waals surface area (Å²) in [6.07, 6.45) is 3.15. The Hall–Kier alpha value is -2.32. The van der Waals surface area contributed by atoms with Crippen molar-refractivity contribution in [2.24, 2.45) is 0 Å². The molecule has 2 aliphatic heterocycles. The Balaban J connectivity index is 1.89. The van der Waals surface area contributed by atoms with Crippen molar-refractivity contribution >= 4 is 23.2 Å². The zero-order chi connectivity index (χ0) is 17.1. The first-order valence-corrected chi connectivity index (χ1v) is 8.17. The second-order valence-corrected chi connectivity index (χ2v) is 6.08. The quantitative estimate of drug-likeness (QED) is 0.483. The third kappa shape index (κ3) is 3.29. The van der Waals surface area contributed by atoms with Gasteiger partial charge in [0.25, 0.3) is 17.5 Å². The Morgan fingerprint density at radius 2 is 1.50 bits per heavy atom. The van der Waals surface area contributed by atoms with E-state index < -0.39 is 4.92 Å². The molecule has 0 saturated carbocycles. The van der Waals surface area contributed by atoms with Crippen molar-refractivity contribution in [2.75, 3.05) is 18.0 Å². The van der Waals surface area contributed by atoms with E-state index in [4.69, 9.17) is 0 Å². The van der Waals surface area contributed by atoms with Crippen LogP contribution in [0.4, 0.5) is 11.4 Å². The molecule has 2 heterocycles. The Kier molecular flexibility index (Phi) is 4.86. The monoisotopic (exact) mass is 332 g/mol. The highest BCUT2D eigenvalue weighted by molar-refractivity contribution is 6.18. The van der Waals surface area contributed by atoms with Crippen LogP contribution in [0.2, 0.25) is 0 Å². The first kappa shape index (κ1) is 16.5. The predicted molar refractivity (Wildman–Crippen MR) is 87.6 cm³/mol. The maximum atomic E-state index is 12.8. The zero-order valence-corrected chi connectivity index (χ0v) is 13.2. The van der Waals surface area contributed by atoms with Crippen LogP contribution < -0.4 is 15.5 Å². The lowest BCUT2D eigenvalue weighted by Crippen LogP contribution is -2.52. The highest BCUT2D eigenvalue weighted by Crippen LogP contribution is 2.23. The van der Waals surface area contributed by atoms with E-state index >= 15 is 0 Å². The molecule has 0 aliphatic carbocycles. The van der Waals surface area contributed by atoms with Crippen LogP contribution in [0.1, 0.15) is 25.7 Å². The Morgan fingerprint density at radius 1 is 1.00 bits per heavy atom. The average molecular weight is 332 g/mol. The molecule has 2 atom stereocenters. The molecule has 0 unspecified atom stereocenters. The number of carbonyl (C=O) groups excluding carboxylic acids is 2. The second kappa shape index (κ2) is 7.06. The Bertz CT molecular complexity index is 606. The topological polar surface area (TPSA) is 105 Å². The van der Waals surface area contributed by atoms with Gasteiger partial charge in [0.15, 0.2) is 0 Å². The molecule has 128 valence electrons. The van der Waals surface area contributed by atoms with Crippen molar-refractivity contribution < 1.29 is 14.5 Å². The van der Waals surface area contributed by atoms with Gasteiger partial charge in [-0.2, -0.15) is 0 Å². The first-order chi connectivity index (χ1) is 11.6. The molecule has 0 aromatic heterocycles. The summed E-state index contributed by atoms with van der Waals surface area (Å²) >= 11 is 0. The highest BCUT2D eigenvalue weighted by atomic mass is 16.6. The van der Waals surface area contributed by atoms with Gasteiger partial charge in [0.1, 0.15) is 0 Å². The number of imide groups is 1. The van der Waals surface area contributed by atoms with Crippen LogP contribution >= 0.6 is 0 Å². The number of nitro benzene ring substituents is 1. The van der Waals surface area contributed by atoms with Crippen LogP contribution in [0.25, 0.3) is 0 Å². The van der Waals surface area contributed by atoms with Crippen molar-refractivity contribution in [3.8, 4) is 0 Å². The van der Waals surface area contributed by atoms with Crippen LogP contribution in [-0.2, 0) is 9.59 Å². The number of carbonyl (C=O) groups is 2. The Morgan fingerprint density at radius 3 is 1.88 bits per heavy atom. The van der Waals surface area contributed by atoms with Crippen molar-refractivity contribution in [1.29, 1.82) is 0 Å². The van der Waals surface area contributed by atoms with Gasteiger partial charge in [-0.05, 0) is 50.9 Å². The molecule has 24 heavy (non-hydrogen) atoms. The van der Waals surface area contributed by atoms with Crippen LogP contribution in [0.5, 0.6) is 0 Å². The van der Waals surface area contributed by atoms with E-state index in [1.54, 1.807) is 0 Å². The van der Waals surface area contributed by atoms with E-state index in [9.17, 15) is 19.7 Å². The van der Waals surface area contributed by atoms with Gasteiger partial charge >= 0.3 is 0 Å². The number of non-ortho nitro benzene ring substituents is 1. The minimum atomic E-state index is -0.505. The van der Waals surface area contributed by atoms with Crippen LogP contribution in [0.15, 0.2) is 24.3 Å². The Labute approximate surface area is 139 Å². The number of nitrogens with one attached hydrogen (secondary N) is 2. The van der Waals surface area contributed by atoms with Gasteiger partial charge in [-0.3, -0.25) is 19.7 Å². The molecule has 3 rings (SSSR count). The maximum absolute atomic E-state index is 12.8. The van der Waals surface area contributed by atoms with Gasteiger partial charge in [-0.15, -0.1) is 0 Å². The summed E-state index contributed by atoms with van der Waals surface area (Å²) in [4.78, 5) is 37.2. The van der Waals surface area contributed by atoms with Gasteiger partial charge in [0.05, 0.1) is 22.7 Å². The molecule has 1 aromatic carbocycles. The van der Waals surface area contributed by atoms with E-state index in [0.29, 0.717) is 18.5 Å². The molecular weight excluding hydrogens is 312 g/mol.